The average molecular weight is 256 g/mol. The van der Waals surface area contributed by atoms with Gasteiger partial charge in [0.1, 0.15) is 0 Å². The molecule has 2 aliphatic heterocycles. The first-order chi connectivity index (χ1) is 9.25. The number of nitrogens with one attached hydrogen (secondary N) is 1. The molecule has 3 unspecified atom stereocenters. The van der Waals surface area contributed by atoms with Gasteiger partial charge in [0.15, 0.2) is 0 Å². The summed E-state index contributed by atoms with van der Waals surface area (Å²) in [5, 5.41) is 3.51. The first-order valence-electron chi connectivity index (χ1n) is 7.14. The van der Waals surface area contributed by atoms with E-state index in [1.807, 2.05) is 0 Å². The maximum Gasteiger partial charge on any atom is 0.206 e. The topological polar surface area (TPSA) is 33.1 Å². The molecule has 0 spiro atoms. The Kier molecular flexibility index (Phi) is 2.36. The molecule has 0 radical (unpaired) electrons. The highest BCUT2D eigenvalue weighted by molar-refractivity contribution is 5.78. The zero-order valence-corrected chi connectivity index (χ0v) is 11.5. The predicted molar refractivity (Wildman–Crippen MR) is 77.4 cm³/mol. The minimum absolute atomic E-state index is 0.579. The van der Waals surface area contributed by atoms with Crippen LogP contribution in [0, 0.1) is 11.8 Å². The van der Waals surface area contributed by atoms with Gasteiger partial charge in [-0.2, -0.15) is 0 Å². The minimum atomic E-state index is 0.579. The molecule has 2 saturated heterocycles. The molecule has 1 aromatic heterocycles. The average Bonchev–Trinajstić information content (AvgIpc) is 3.07. The number of benzene rings is 1. The Morgan fingerprint density at radius 1 is 1.26 bits per heavy atom. The fourth-order valence-electron chi connectivity index (χ4n) is 3.82. The molecule has 100 valence electrons. The van der Waals surface area contributed by atoms with E-state index < -0.39 is 0 Å². The van der Waals surface area contributed by atoms with Gasteiger partial charge in [0, 0.05) is 32.7 Å². The summed E-state index contributed by atoms with van der Waals surface area (Å²) in [5.74, 6) is 2.69. The monoisotopic (exact) mass is 256 g/mol. The summed E-state index contributed by atoms with van der Waals surface area (Å²) in [6.45, 7) is 5.80. The van der Waals surface area contributed by atoms with Crippen LogP contribution in [0.2, 0.25) is 0 Å². The Hall–Kier alpha value is -1.55. The van der Waals surface area contributed by atoms with Crippen LogP contribution in [-0.2, 0) is 7.05 Å². The second kappa shape index (κ2) is 3.97. The molecule has 0 bridgehead atoms. The Morgan fingerprint density at radius 2 is 2.11 bits per heavy atom. The van der Waals surface area contributed by atoms with Crippen LogP contribution in [-0.4, -0.2) is 35.2 Å². The third kappa shape index (κ3) is 1.53. The van der Waals surface area contributed by atoms with Crippen LogP contribution in [0.4, 0.5) is 5.95 Å². The summed E-state index contributed by atoms with van der Waals surface area (Å²) >= 11 is 0. The first-order valence-corrected chi connectivity index (χ1v) is 7.14. The van der Waals surface area contributed by atoms with Crippen molar-refractivity contribution in [3.05, 3.63) is 24.3 Å². The standard InChI is InChI=1S/C15H20N4/c1-10-12-8-16-7-11(12)9-19(10)15-17-13-5-3-4-6-14(13)18(15)2/h3-6,10-12,16H,7-9H2,1-2H3. The summed E-state index contributed by atoms with van der Waals surface area (Å²) in [6.07, 6.45) is 0. The smallest absolute Gasteiger partial charge is 0.206 e. The van der Waals surface area contributed by atoms with Crippen molar-refractivity contribution in [3.63, 3.8) is 0 Å². The highest BCUT2D eigenvalue weighted by Gasteiger charge is 2.43. The second-order valence-corrected chi connectivity index (χ2v) is 5.93. The number of rotatable bonds is 1. The van der Waals surface area contributed by atoms with Crippen molar-refractivity contribution in [1.29, 1.82) is 0 Å². The zero-order chi connectivity index (χ0) is 13.0. The van der Waals surface area contributed by atoms with Gasteiger partial charge >= 0.3 is 0 Å². The molecule has 0 amide bonds. The Bertz CT molecular complexity index is 618. The highest BCUT2D eigenvalue weighted by atomic mass is 15.3. The molecular formula is C15H20N4. The van der Waals surface area contributed by atoms with E-state index in [-0.39, 0.29) is 0 Å². The number of hydrogen-bond acceptors (Lipinski definition) is 3. The highest BCUT2D eigenvalue weighted by Crippen LogP contribution is 2.36. The van der Waals surface area contributed by atoms with Gasteiger partial charge in [-0.05, 0) is 30.9 Å². The van der Waals surface area contributed by atoms with Crippen LogP contribution in [0.3, 0.4) is 0 Å². The van der Waals surface area contributed by atoms with Crippen molar-refractivity contribution in [2.45, 2.75) is 13.0 Å². The van der Waals surface area contributed by atoms with Crippen LogP contribution in [0.25, 0.3) is 11.0 Å². The lowest BCUT2D eigenvalue weighted by molar-refractivity contribution is 0.470. The summed E-state index contributed by atoms with van der Waals surface area (Å²) in [5.41, 5.74) is 2.32. The lowest BCUT2D eigenvalue weighted by Crippen LogP contribution is -2.34. The Morgan fingerprint density at radius 3 is 2.89 bits per heavy atom. The van der Waals surface area contributed by atoms with Crippen molar-refractivity contribution in [2.75, 3.05) is 24.5 Å². The normalized spacial score (nSPS) is 30.2. The molecule has 2 fully saturated rings. The third-order valence-corrected chi connectivity index (χ3v) is 4.95. The van der Waals surface area contributed by atoms with Crippen molar-refractivity contribution < 1.29 is 0 Å². The number of aromatic nitrogens is 2. The van der Waals surface area contributed by atoms with Gasteiger partial charge in [0.05, 0.1) is 11.0 Å². The number of fused-ring (bicyclic) bond motifs is 2. The van der Waals surface area contributed by atoms with Gasteiger partial charge in [-0.15, -0.1) is 0 Å². The van der Waals surface area contributed by atoms with Crippen molar-refractivity contribution >= 4 is 17.0 Å². The van der Waals surface area contributed by atoms with E-state index in [9.17, 15) is 0 Å². The van der Waals surface area contributed by atoms with Crippen LogP contribution in [0.5, 0.6) is 0 Å². The molecule has 2 aliphatic rings. The van der Waals surface area contributed by atoms with Crippen LogP contribution < -0.4 is 10.2 Å². The summed E-state index contributed by atoms with van der Waals surface area (Å²) in [7, 11) is 2.13. The molecule has 1 aromatic carbocycles. The number of aryl methyl sites for hydroxylation is 1. The van der Waals surface area contributed by atoms with Gasteiger partial charge in [-0.25, -0.2) is 4.98 Å². The van der Waals surface area contributed by atoms with E-state index in [1.165, 1.54) is 5.52 Å². The van der Waals surface area contributed by atoms with E-state index in [0.29, 0.717) is 6.04 Å². The van der Waals surface area contributed by atoms with Crippen LogP contribution in [0.15, 0.2) is 24.3 Å². The van der Waals surface area contributed by atoms with E-state index >= 15 is 0 Å². The van der Waals surface area contributed by atoms with E-state index in [1.54, 1.807) is 0 Å². The van der Waals surface area contributed by atoms with E-state index in [4.69, 9.17) is 4.98 Å². The summed E-state index contributed by atoms with van der Waals surface area (Å²) in [4.78, 5) is 7.34. The van der Waals surface area contributed by atoms with Gasteiger partial charge < -0.3 is 14.8 Å². The van der Waals surface area contributed by atoms with Gasteiger partial charge in [-0.3, -0.25) is 0 Å². The third-order valence-electron chi connectivity index (χ3n) is 4.95. The maximum atomic E-state index is 4.84. The van der Waals surface area contributed by atoms with Crippen LogP contribution in [0.1, 0.15) is 6.92 Å². The molecule has 4 nitrogen and oxygen atoms in total. The second-order valence-electron chi connectivity index (χ2n) is 5.93. The molecule has 0 aliphatic carbocycles. The molecule has 19 heavy (non-hydrogen) atoms. The molecule has 3 atom stereocenters. The lowest BCUT2D eigenvalue weighted by atomic mass is 9.95. The molecule has 4 heteroatoms. The van der Waals surface area contributed by atoms with E-state index in [0.717, 1.165) is 42.9 Å². The van der Waals surface area contributed by atoms with Crippen molar-refractivity contribution in [1.82, 2.24) is 14.9 Å². The quantitative estimate of drug-likeness (QED) is 0.841. The van der Waals surface area contributed by atoms with Gasteiger partial charge in [0.25, 0.3) is 0 Å². The summed E-state index contributed by atoms with van der Waals surface area (Å²) < 4.78 is 2.24. The molecule has 1 N–H and O–H groups in total. The first kappa shape index (κ1) is 11.3. The number of anilines is 1. The Labute approximate surface area is 113 Å². The Balaban J connectivity index is 1.77. The van der Waals surface area contributed by atoms with Crippen molar-refractivity contribution in [2.24, 2.45) is 18.9 Å². The zero-order valence-electron chi connectivity index (χ0n) is 11.5. The number of para-hydroxylation sites is 2. The SMILES string of the molecule is CC1C2CNCC2CN1c1nc2ccccc2n1C. The molecule has 2 aromatic rings. The molecule has 3 heterocycles. The molecule has 4 rings (SSSR count). The largest absolute Gasteiger partial charge is 0.339 e. The summed E-state index contributed by atoms with van der Waals surface area (Å²) in [6, 6.07) is 8.97. The predicted octanol–water partition coefficient (Wildman–Crippen LogP) is 1.62. The number of nitrogens with zero attached hydrogens (tertiary/aromatic N) is 3. The lowest BCUT2D eigenvalue weighted by Gasteiger charge is -2.25. The molecular weight excluding hydrogens is 236 g/mol. The minimum Gasteiger partial charge on any atom is -0.339 e. The number of hydrogen-bond donors (Lipinski definition) is 1. The van der Waals surface area contributed by atoms with Gasteiger partial charge in [-0.1, -0.05) is 12.1 Å². The molecule has 0 saturated carbocycles. The maximum absolute atomic E-state index is 4.84. The van der Waals surface area contributed by atoms with Crippen LogP contribution >= 0.6 is 0 Å². The fraction of sp³-hybridized carbons (Fsp3) is 0.533. The fourth-order valence-corrected chi connectivity index (χ4v) is 3.82. The van der Waals surface area contributed by atoms with Gasteiger partial charge in [0.2, 0.25) is 5.95 Å². The van der Waals surface area contributed by atoms with Crippen molar-refractivity contribution in [3.8, 4) is 0 Å². The number of imidazole rings is 1. The van der Waals surface area contributed by atoms with E-state index in [2.05, 4.69) is 53.0 Å².